The number of nitrogens with zero attached hydrogens (tertiary/aromatic N) is 3. The second kappa shape index (κ2) is 12.2. The molecule has 5 N–H and O–H groups in total. The van der Waals surface area contributed by atoms with E-state index in [0.717, 1.165) is 0 Å². The van der Waals surface area contributed by atoms with Crippen molar-refractivity contribution in [3.05, 3.63) is 66.7 Å². The highest BCUT2D eigenvalue weighted by atomic mass is 16.5. The van der Waals surface area contributed by atoms with Crippen molar-refractivity contribution in [2.75, 3.05) is 43.1 Å². The molecule has 2 aromatic rings. The molecule has 1 aliphatic rings. The molecule has 0 radical (unpaired) electrons. The summed E-state index contributed by atoms with van der Waals surface area (Å²) in [6.45, 7) is 7.71. The number of rotatable bonds is 9. The van der Waals surface area contributed by atoms with E-state index < -0.39 is 12.0 Å². The van der Waals surface area contributed by atoms with Gasteiger partial charge in [-0.25, -0.2) is 19.6 Å². The van der Waals surface area contributed by atoms with Gasteiger partial charge in [0, 0.05) is 30.5 Å². The smallest absolute Gasteiger partial charge is 0.358 e. The molecule has 2 heterocycles. The molecule has 35 heavy (non-hydrogen) atoms. The first-order valence-corrected chi connectivity index (χ1v) is 11.0. The maximum atomic E-state index is 12.2. The number of hydrogen-bond donors (Lipinski definition) is 4. The molecule has 0 bridgehead atoms. The lowest BCUT2D eigenvalue weighted by atomic mass is 10.2. The molecule has 0 spiro atoms. The van der Waals surface area contributed by atoms with Crippen molar-refractivity contribution in [1.82, 2.24) is 15.3 Å². The molecule has 0 saturated carbocycles. The molecule has 11 nitrogen and oxygen atoms in total. The Balaban J connectivity index is 1.87. The minimum atomic E-state index is -1.21. The van der Waals surface area contributed by atoms with Gasteiger partial charge in [-0.2, -0.15) is 0 Å². The number of allylic oxidation sites excluding steroid dienone is 3. The van der Waals surface area contributed by atoms with E-state index in [2.05, 4.69) is 27.2 Å². The quantitative estimate of drug-likeness (QED) is 0.397. The molecule has 1 aromatic heterocycles. The van der Waals surface area contributed by atoms with Gasteiger partial charge in [-0.15, -0.1) is 0 Å². The summed E-state index contributed by atoms with van der Waals surface area (Å²) in [6, 6.07) is 6.22. The summed E-state index contributed by atoms with van der Waals surface area (Å²) in [6.07, 6.45) is 6.06. The van der Waals surface area contributed by atoms with E-state index in [-0.39, 0.29) is 23.9 Å². The molecule has 11 heteroatoms. The van der Waals surface area contributed by atoms with Crippen molar-refractivity contribution in [2.45, 2.75) is 6.92 Å². The van der Waals surface area contributed by atoms with E-state index >= 15 is 0 Å². The van der Waals surface area contributed by atoms with E-state index in [1.54, 1.807) is 49.4 Å². The van der Waals surface area contributed by atoms with Crippen LogP contribution in [-0.4, -0.2) is 60.0 Å². The zero-order valence-electron chi connectivity index (χ0n) is 19.4. The number of carbonyl (C=O) groups is 2. The van der Waals surface area contributed by atoms with Gasteiger partial charge in [-0.1, -0.05) is 18.7 Å². The highest BCUT2D eigenvalue weighted by Gasteiger charge is 2.26. The Hall–Kier alpha value is -4.38. The van der Waals surface area contributed by atoms with Gasteiger partial charge < -0.3 is 35.8 Å². The zero-order valence-corrected chi connectivity index (χ0v) is 19.4. The van der Waals surface area contributed by atoms with Crippen molar-refractivity contribution in [3.8, 4) is 17.1 Å². The van der Waals surface area contributed by atoms with Crippen LogP contribution in [0.25, 0.3) is 11.4 Å². The summed E-state index contributed by atoms with van der Waals surface area (Å²) in [5, 5.41) is 15.1. The summed E-state index contributed by atoms with van der Waals surface area (Å²) in [5.41, 5.74) is 6.77. The Kier molecular flexibility index (Phi) is 8.79. The largest absolute Gasteiger partial charge is 0.488 e. The van der Waals surface area contributed by atoms with Crippen LogP contribution in [0, 0.1) is 0 Å². The number of hydrogen-bond acceptors (Lipinski definition) is 8. The lowest BCUT2D eigenvalue weighted by molar-refractivity contribution is 0.0685. The lowest BCUT2D eigenvalue weighted by Gasteiger charge is -2.29. The molecule has 0 atom stereocenters. The Bertz CT molecular complexity index is 1120. The third kappa shape index (κ3) is 6.58. The van der Waals surface area contributed by atoms with Crippen molar-refractivity contribution >= 4 is 23.5 Å². The van der Waals surface area contributed by atoms with Gasteiger partial charge in [0.25, 0.3) is 0 Å². The fraction of sp³-hybridized carbons (Fsp3) is 0.250. The Morgan fingerprint density at radius 1 is 1.26 bits per heavy atom. The van der Waals surface area contributed by atoms with Gasteiger partial charge in [0.05, 0.1) is 25.5 Å². The number of urea groups is 1. The van der Waals surface area contributed by atoms with Crippen LogP contribution in [0.5, 0.6) is 5.75 Å². The number of morpholine rings is 1. The number of anilines is 2. The first kappa shape index (κ1) is 25.2. The van der Waals surface area contributed by atoms with Crippen LogP contribution in [0.2, 0.25) is 0 Å². The summed E-state index contributed by atoms with van der Waals surface area (Å²) in [4.78, 5) is 35.0. The number of benzene rings is 1. The zero-order chi connectivity index (χ0) is 25.2. The van der Waals surface area contributed by atoms with Crippen LogP contribution < -0.4 is 26.0 Å². The minimum Gasteiger partial charge on any atom is -0.488 e. The number of carboxylic acids is 1. The fourth-order valence-electron chi connectivity index (χ4n) is 3.29. The van der Waals surface area contributed by atoms with Crippen LogP contribution in [0.4, 0.5) is 16.3 Å². The highest BCUT2D eigenvalue weighted by Crippen LogP contribution is 2.33. The van der Waals surface area contributed by atoms with Gasteiger partial charge in [0.1, 0.15) is 0 Å². The molecule has 1 saturated heterocycles. The van der Waals surface area contributed by atoms with E-state index in [1.165, 1.54) is 6.20 Å². The number of aromatic carboxylic acids is 1. The number of carboxylic acid groups (broad SMARTS) is 1. The van der Waals surface area contributed by atoms with Gasteiger partial charge >= 0.3 is 12.0 Å². The number of nitrogens with two attached hydrogens (primary N) is 1. The van der Waals surface area contributed by atoms with Crippen molar-refractivity contribution in [2.24, 2.45) is 5.73 Å². The number of carbonyl (C=O) groups excluding carboxylic acids is 1. The topological polar surface area (TPSA) is 152 Å². The number of nitrogens with one attached hydrogen (secondary N) is 2. The van der Waals surface area contributed by atoms with Gasteiger partial charge in [-0.05, 0) is 37.3 Å². The van der Waals surface area contributed by atoms with Crippen LogP contribution in [0.15, 0.2) is 61.0 Å². The van der Waals surface area contributed by atoms with E-state index in [1.807, 2.05) is 4.90 Å². The molecule has 3 rings (SSSR count). The van der Waals surface area contributed by atoms with E-state index in [0.29, 0.717) is 49.1 Å². The lowest BCUT2D eigenvalue weighted by Crippen LogP contribution is -2.37. The molecule has 1 aliphatic heterocycles. The molecule has 184 valence electrons. The van der Waals surface area contributed by atoms with Crippen molar-refractivity contribution in [3.63, 3.8) is 0 Å². The second-order valence-electron chi connectivity index (χ2n) is 7.26. The summed E-state index contributed by atoms with van der Waals surface area (Å²) in [7, 11) is 0. The summed E-state index contributed by atoms with van der Waals surface area (Å²) >= 11 is 0. The first-order valence-electron chi connectivity index (χ1n) is 11.0. The highest BCUT2D eigenvalue weighted by molar-refractivity contribution is 5.92. The Morgan fingerprint density at radius 3 is 2.57 bits per heavy atom. The molecular formula is C24H28N6O5. The average Bonchev–Trinajstić information content (AvgIpc) is 2.87. The number of aromatic nitrogens is 2. The van der Waals surface area contributed by atoms with Gasteiger partial charge in [-0.3, -0.25) is 0 Å². The minimum absolute atomic E-state index is 0.134. The van der Waals surface area contributed by atoms with E-state index in [4.69, 9.17) is 15.2 Å². The molecule has 0 unspecified atom stereocenters. The third-order valence-corrected chi connectivity index (χ3v) is 4.90. The maximum Gasteiger partial charge on any atom is 0.358 e. The summed E-state index contributed by atoms with van der Waals surface area (Å²) in [5.74, 6) is -0.440. The van der Waals surface area contributed by atoms with Crippen LogP contribution in [-0.2, 0) is 4.74 Å². The Morgan fingerprint density at radius 2 is 1.97 bits per heavy atom. The number of ether oxygens (including phenoxy) is 2. The SMILES string of the molecule is C=C/C=C\C(=C/N)NC(=O)Nc1ccc(-c2nc(C(=O)O)c(OCC)c(N3CCOCC3)n2)cc1. The monoisotopic (exact) mass is 480 g/mol. The standard InChI is InChI=1S/C24H28N6O5/c1-3-5-6-18(15-25)27-24(33)26-17-9-7-16(8-10-17)21-28-19(23(31)32)20(35-4-2)22(29-21)30-11-13-34-14-12-30/h3,5-10,15H,1,4,11-14,25H2,2H3,(H,31,32)(H2,26,27,33)/b6-5-,18-15+. The predicted octanol–water partition coefficient (Wildman–Crippen LogP) is 2.74. The molecule has 2 amide bonds. The summed E-state index contributed by atoms with van der Waals surface area (Å²) < 4.78 is 11.0. The maximum absolute atomic E-state index is 12.2. The van der Waals surface area contributed by atoms with Gasteiger partial charge in [0.15, 0.2) is 23.1 Å². The van der Waals surface area contributed by atoms with Crippen LogP contribution >= 0.6 is 0 Å². The van der Waals surface area contributed by atoms with Crippen molar-refractivity contribution < 1.29 is 24.2 Å². The fourth-order valence-corrected chi connectivity index (χ4v) is 3.29. The average molecular weight is 481 g/mol. The Labute approximate surface area is 203 Å². The third-order valence-electron chi connectivity index (χ3n) is 4.90. The van der Waals surface area contributed by atoms with Crippen LogP contribution in [0.3, 0.4) is 0 Å². The molecular weight excluding hydrogens is 452 g/mol. The first-order chi connectivity index (χ1) is 17.0. The molecule has 1 aromatic carbocycles. The van der Waals surface area contributed by atoms with E-state index in [9.17, 15) is 14.7 Å². The van der Waals surface area contributed by atoms with Crippen LogP contribution in [0.1, 0.15) is 17.4 Å². The van der Waals surface area contributed by atoms with Gasteiger partial charge in [0.2, 0.25) is 0 Å². The van der Waals surface area contributed by atoms with Crippen molar-refractivity contribution in [1.29, 1.82) is 0 Å². The molecule has 1 fully saturated rings. The second-order valence-corrected chi connectivity index (χ2v) is 7.26. The number of amides is 2. The normalized spacial score (nSPS) is 14.0. The predicted molar refractivity (Wildman–Crippen MR) is 132 cm³/mol. The molecule has 0 aliphatic carbocycles.